The van der Waals surface area contributed by atoms with E-state index in [9.17, 15) is 13.2 Å². The molecule has 0 radical (unpaired) electrons. The van der Waals surface area contributed by atoms with Gasteiger partial charge in [0.25, 0.3) is 0 Å². The van der Waals surface area contributed by atoms with Crippen molar-refractivity contribution >= 4 is 5.71 Å². The molecule has 0 saturated heterocycles. The normalized spacial score (nSPS) is 13.8. The lowest BCUT2D eigenvalue weighted by molar-refractivity contribution is -0.0924. The van der Waals surface area contributed by atoms with Crippen molar-refractivity contribution in [3.05, 3.63) is 46.7 Å². The average molecular weight is 271 g/mol. The molecular formula is C14H16F3NO. The van der Waals surface area contributed by atoms with E-state index in [0.29, 0.717) is 11.3 Å². The van der Waals surface area contributed by atoms with Gasteiger partial charge in [0.1, 0.15) is 5.70 Å². The van der Waals surface area contributed by atoms with Crippen molar-refractivity contribution in [1.82, 2.24) is 0 Å². The summed E-state index contributed by atoms with van der Waals surface area (Å²) in [7, 11) is 0. The number of aliphatic imine (C=N–C) groups is 1. The van der Waals surface area contributed by atoms with Gasteiger partial charge in [-0.1, -0.05) is 24.3 Å². The molecule has 0 aliphatic rings. The van der Waals surface area contributed by atoms with Crippen molar-refractivity contribution in [3.8, 4) is 0 Å². The van der Waals surface area contributed by atoms with E-state index in [-0.39, 0.29) is 6.61 Å². The van der Waals surface area contributed by atoms with E-state index in [0.717, 1.165) is 17.2 Å². The molecular weight excluding hydrogens is 255 g/mol. The van der Waals surface area contributed by atoms with E-state index in [1.54, 1.807) is 25.1 Å². The third-order valence-corrected chi connectivity index (χ3v) is 2.72. The summed E-state index contributed by atoms with van der Waals surface area (Å²) in [6.07, 6.45) is -3.50. The number of halogens is 3. The van der Waals surface area contributed by atoms with Gasteiger partial charge in [-0.2, -0.15) is 13.2 Å². The maximum atomic E-state index is 12.6. The van der Waals surface area contributed by atoms with E-state index in [1.807, 2.05) is 0 Å². The zero-order chi connectivity index (χ0) is 14.6. The number of alkyl halides is 3. The SMILES string of the molecule is C/C=C(\N=C(C)c1ccc(CO)cc1C)C(F)(F)F. The smallest absolute Gasteiger partial charge is 0.392 e. The van der Waals surface area contributed by atoms with Crippen LogP contribution in [0.3, 0.4) is 0 Å². The first-order valence-corrected chi connectivity index (χ1v) is 5.79. The number of aryl methyl sites for hydroxylation is 1. The molecule has 1 aromatic rings. The van der Waals surface area contributed by atoms with E-state index < -0.39 is 11.9 Å². The van der Waals surface area contributed by atoms with Crippen molar-refractivity contribution in [3.63, 3.8) is 0 Å². The van der Waals surface area contributed by atoms with Crippen LogP contribution in [-0.4, -0.2) is 17.0 Å². The number of benzene rings is 1. The molecule has 0 saturated carbocycles. The van der Waals surface area contributed by atoms with Gasteiger partial charge >= 0.3 is 6.18 Å². The van der Waals surface area contributed by atoms with E-state index >= 15 is 0 Å². The first-order chi connectivity index (χ1) is 8.79. The van der Waals surface area contributed by atoms with Crippen LogP contribution >= 0.6 is 0 Å². The fraction of sp³-hybridized carbons (Fsp3) is 0.357. The van der Waals surface area contributed by atoms with Gasteiger partial charge in [-0.25, -0.2) is 4.99 Å². The van der Waals surface area contributed by atoms with Crippen molar-refractivity contribution in [2.75, 3.05) is 0 Å². The highest BCUT2D eigenvalue weighted by Gasteiger charge is 2.33. The molecule has 0 fully saturated rings. The Bertz CT molecular complexity index is 516. The molecule has 19 heavy (non-hydrogen) atoms. The van der Waals surface area contributed by atoms with Crippen LogP contribution in [0.5, 0.6) is 0 Å². The van der Waals surface area contributed by atoms with Gasteiger partial charge in [-0.15, -0.1) is 0 Å². The highest BCUT2D eigenvalue weighted by atomic mass is 19.4. The van der Waals surface area contributed by atoms with Gasteiger partial charge in [0.2, 0.25) is 0 Å². The minimum Gasteiger partial charge on any atom is -0.392 e. The van der Waals surface area contributed by atoms with Crippen LogP contribution in [-0.2, 0) is 6.61 Å². The van der Waals surface area contributed by atoms with Crippen LogP contribution in [0.1, 0.15) is 30.5 Å². The predicted molar refractivity (Wildman–Crippen MR) is 69.1 cm³/mol. The molecule has 0 atom stereocenters. The highest BCUT2D eigenvalue weighted by Crippen LogP contribution is 2.27. The molecule has 0 amide bonds. The second-order valence-electron chi connectivity index (χ2n) is 4.18. The molecule has 1 N–H and O–H groups in total. The Labute approximate surface area is 110 Å². The summed E-state index contributed by atoms with van der Waals surface area (Å²) in [6, 6.07) is 5.07. The van der Waals surface area contributed by atoms with Gasteiger partial charge in [-0.05, 0) is 37.5 Å². The number of rotatable bonds is 3. The van der Waals surface area contributed by atoms with Gasteiger partial charge in [0, 0.05) is 5.71 Å². The predicted octanol–water partition coefficient (Wildman–Crippen LogP) is 3.76. The second-order valence-corrected chi connectivity index (χ2v) is 4.18. The Kier molecular flexibility index (Phi) is 4.89. The first kappa shape index (κ1) is 15.4. The molecule has 2 nitrogen and oxygen atoms in total. The topological polar surface area (TPSA) is 32.6 Å². The van der Waals surface area contributed by atoms with Crippen molar-refractivity contribution < 1.29 is 18.3 Å². The van der Waals surface area contributed by atoms with Gasteiger partial charge < -0.3 is 5.11 Å². The molecule has 5 heteroatoms. The van der Waals surface area contributed by atoms with Crippen molar-refractivity contribution in [2.24, 2.45) is 4.99 Å². The van der Waals surface area contributed by atoms with Crippen LogP contribution in [0, 0.1) is 6.92 Å². The van der Waals surface area contributed by atoms with Crippen LogP contribution in [0.4, 0.5) is 13.2 Å². The Morgan fingerprint density at radius 3 is 2.42 bits per heavy atom. The number of hydrogen-bond donors (Lipinski definition) is 1. The van der Waals surface area contributed by atoms with E-state index in [2.05, 4.69) is 4.99 Å². The maximum Gasteiger partial charge on any atom is 0.433 e. The van der Waals surface area contributed by atoms with Gasteiger partial charge in [-0.3, -0.25) is 0 Å². The number of nitrogens with zero attached hydrogens (tertiary/aromatic N) is 1. The number of aliphatic hydroxyl groups excluding tert-OH is 1. The van der Waals surface area contributed by atoms with E-state index in [4.69, 9.17) is 5.11 Å². The third-order valence-electron chi connectivity index (χ3n) is 2.72. The average Bonchev–Trinajstić information content (AvgIpc) is 2.33. The fourth-order valence-corrected chi connectivity index (χ4v) is 1.76. The molecule has 104 valence electrons. The second kappa shape index (κ2) is 6.02. The molecule has 0 aliphatic carbocycles. The molecule has 0 heterocycles. The summed E-state index contributed by atoms with van der Waals surface area (Å²) in [5.74, 6) is 0. The lowest BCUT2D eigenvalue weighted by atomic mass is 10.0. The maximum absolute atomic E-state index is 12.6. The minimum atomic E-state index is -4.45. The largest absolute Gasteiger partial charge is 0.433 e. The van der Waals surface area contributed by atoms with Crippen LogP contribution in [0.15, 0.2) is 35.0 Å². The Hall–Kier alpha value is -1.62. The Morgan fingerprint density at radius 2 is 2.00 bits per heavy atom. The quantitative estimate of drug-likeness (QED) is 0.834. The highest BCUT2D eigenvalue weighted by molar-refractivity contribution is 6.00. The summed E-state index contributed by atoms with van der Waals surface area (Å²) >= 11 is 0. The Balaban J connectivity index is 3.16. The monoisotopic (exact) mass is 271 g/mol. The zero-order valence-corrected chi connectivity index (χ0v) is 11.0. The van der Waals surface area contributed by atoms with Crippen LogP contribution in [0.25, 0.3) is 0 Å². The summed E-state index contributed by atoms with van der Waals surface area (Å²) < 4.78 is 37.8. The van der Waals surface area contributed by atoms with Crippen molar-refractivity contribution in [2.45, 2.75) is 33.6 Å². The van der Waals surface area contributed by atoms with Crippen molar-refractivity contribution in [1.29, 1.82) is 0 Å². The first-order valence-electron chi connectivity index (χ1n) is 5.79. The lowest BCUT2D eigenvalue weighted by Crippen LogP contribution is -2.12. The molecule has 1 aromatic carbocycles. The van der Waals surface area contributed by atoms with Gasteiger partial charge in [0.05, 0.1) is 6.61 Å². The molecule has 0 unspecified atom stereocenters. The molecule has 0 aliphatic heterocycles. The third kappa shape index (κ3) is 3.92. The minimum absolute atomic E-state index is 0.0972. The lowest BCUT2D eigenvalue weighted by Gasteiger charge is -2.10. The Morgan fingerprint density at radius 1 is 1.37 bits per heavy atom. The summed E-state index contributed by atoms with van der Waals surface area (Å²) in [6.45, 7) is 4.52. The molecule has 0 aromatic heterocycles. The van der Waals surface area contributed by atoms with Crippen LogP contribution in [0.2, 0.25) is 0 Å². The van der Waals surface area contributed by atoms with Crippen LogP contribution < -0.4 is 0 Å². The summed E-state index contributed by atoms with van der Waals surface area (Å²) in [5, 5.41) is 8.99. The van der Waals surface area contributed by atoms with E-state index in [1.165, 1.54) is 13.8 Å². The standard InChI is InChI=1S/C14H16F3NO/c1-4-13(14(15,16)17)18-10(3)12-6-5-11(8-19)7-9(12)2/h4-7,19H,8H2,1-3H3/b13-4-,18-10?. The fourth-order valence-electron chi connectivity index (χ4n) is 1.76. The number of allylic oxidation sites excluding steroid dienone is 2. The number of aliphatic hydroxyl groups is 1. The van der Waals surface area contributed by atoms with Gasteiger partial charge in [0.15, 0.2) is 0 Å². The number of hydrogen-bond acceptors (Lipinski definition) is 2. The molecule has 0 bridgehead atoms. The summed E-state index contributed by atoms with van der Waals surface area (Å²) in [4.78, 5) is 3.64. The zero-order valence-electron chi connectivity index (χ0n) is 11.0. The molecule has 1 rings (SSSR count). The molecule has 0 spiro atoms. The summed E-state index contributed by atoms with van der Waals surface area (Å²) in [5.41, 5.74) is 1.53.